The monoisotopic (exact) mass is 378 g/mol. The van der Waals surface area contributed by atoms with Gasteiger partial charge in [0.05, 0.1) is 10.4 Å². The molecule has 1 amide bonds. The fraction of sp³-hybridized carbons (Fsp3) is 0.368. The van der Waals surface area contributed by atoms with Crippen LogP contribution in [-0.2, 0) is 0 Å². The van der Waals surface area contributed by atoms with Gasteiger partial charge >= 0.3 is 0 Å². The van der Waals surface area contributed by atoms with Gasteiger partial charge < -0.3 is 10.6 Å². The van der Waals surface area contributed by atoms with Crippen LogP contribution in [0.2, 0.25) is 0 Å². The zero-order chi connectivity index (χ0) is 17.0. The number of benzene rings is 1. The molecule has 0 saturated carbocycles. The van der Waals surface area contributed by atoms with Gasteiger partial charge in [-0.1, -0.05) is 31.2 Å². The molecule has 134 valence electrons. The van der Waals surface area contributed by atoms with Gasteiger partial charge in [0, 0.05) is 12.1 Å². The van der Waals surface area contributed by atoms with Crippen molar-refractivity contribution in [2.24, 2.45) is 5.41 Å². The van der Waals surface area contributed by atoms with Crippen molar-refractivity contribution in [1.29, 1.82) is 0 Å². The Morgan fingerprint density at radius 1 is 1.12 bits per heavy atom. The van der Waals surface area contributed by atoms with Crippen LogP contribution in [0, 0.1) is 5.41 Å². The molecule has 0 radical (unpaired) electrons. The normalized spacial score (nSPS) is 15.9. The van der Waals surface area contributed by atoms with Crippen LogP contribution in [0.3, 0.4) is 0 Å². The number of nitrogens with one attached hydrogen (secondary N) is 2. The molecule has 0 atom stereocenters. The van der Waals surface area contributed by atoms with Crippen molar-refractivity contribution in [3.8, 4) is 0 Å². The number of rotatable bonds is 5. The Morgan fingerprint density at radius 2 is 1.80 bits per heavy atom. The van der Waals surface area contributed by atoms with E-state index >= 15 is 0 Å². The molecule has 3 rings (SSSR count). The standard InChI is InChI=1S/C19H22N2O2S.ClH/c1-19(8-10-20-11-9-19)13-21-18(23)15-6-3-2-5-14(15)17(22)16-7-4-12-24-16;/h2-7,12,20H,8-11,13H2,1H3,(H,21,23);1H. The van der Waals surface area contributed by atoms with Crippen LogP contribution < -0.4 is 10.6 Å². The summed E-state index contributed by atoms with van der Waals surface area (Å²) in [5.41, 5.74) is 1.04. The first-order chi connectivity index (χ1) is 11.6. The smallest absolute Gasteiger partial charge is 0.252 e. The minimum Gasteiger partial charge on any atom is -0.351 e. The molecule has 0 spiro atoms. The average Bonchev–Trinajstić information content (AvgIpc) is 3.14. The van der Waals surface area contributed by atoms with Crippen molar-refractivity contribution in [3.63, 3.8) is 0 Å². The summed E-state index contributed by atoms with van der Waals surface area (Å²) in [7, 11) is 0. The highest BCUT2D eigenvalue weighted by Crippen LogP contribution is 2.27. The van der Waals surface area contributed by atoms with Crippen molar-refractivity contribution in [3.05, 3.63) is 57.8 Å². The van der Waals surface area contributed by atoms with Crippen LogP contribution in [0.4, 0.5) is 0 Å². The van der Waals surface area contributed by atoms with Crippen LogP contribution >= 0.6 is 23.7 Å². The molecule has 0 bridgehead atoms. The Kier molecular flexibility index (Phi) is 6.76. The zero-order valence-electron chi connectivity index (χ0n) is 14.2. The Morgan fingerprint density at radius 3 is 2.44 bits per heavy atom. The third-order valence-electron chi connectivity index (χ3n) is 4.65. The van der Waals surface area contributed by atoms with Crippen LogP contribution in [0.1, 0.15) is 45.4 Å². The lowest BCUT2D eigenvalue weighted by Crippen LogP contribution is -2.43. The first-order valence-electron chi connectivity index (χ1n) is 8.25. The van der Waals surface area contributed by atoms with Gasteiger partial charge in [0.2, 0.25) is 5.78 Å². The predicted octanol–water partition coefficient (Wildman–Crippen LogP) is 3.52. The second-order valence-corrected chi connectivity index (χ2v) is 7.54. The van der Waals surface area contributed by atoms with Crippen LogP contribution in [-0.4, -0.2) is 31.3 Å². The van der Waals surface area contributed by atoms with E-state index in [9.17, 15) is 9.59 Å². The molecule has 1 saturated heterocycles. The van der Waals surface area contributed by atoms with Gasteiger partial charge in [-0.3, -0.25) is 9.59 Å². The van der Waals surface area contributed by atoms with E-state index < -0.39 is 0 Å². The lowest BCUT2D eigenvalue weighted by atomic mass is 9.81. The number of amides is 1. The van der Waals surface area contributed by atoms with Crippen molar-refractivity contribution in [1.82, 2.24) is 10.6 Å². The molecule has 1 aliphatic rings. The molecule has 2 N–H and O–H groups in total. The minimum absolute atomic E-state index is 0. The Balaban J connectivity index is 0.00000225. The van der Waals surface area contributed by atoms with Gasteiger partial charge in [-0.05, 0) is 48.9 Å². The molecule has 25 heavy (non-hydrogen) atoms. The highest BCUT2D eigenvalue weighted by atomic mass is 35.5. The summed E-state index contributed by atoms with van der Waals surface area (Å²) in [6.45, 7) is 4.81. The van der Waals surface area contributed by atoms with E-state index in [2.05, 4.69) is 17.6 Å². The van der Waals surface area contributed by atoms with Crippen molar-refractivity contribution in [2.75, 3.05) is 19.6 Å². The Hall–Kier alpha value is -1.69. The number of ketones is 1. The summed E-state index contributed by atoms with van der Waals surface area (Å²) < 4.78 is 0. The lowest BCUT2D eigenvalue weighted by Gasteiger charge is -2.34. The summed E-state index contributed by atoms with van der Waals surface area (Å²) >= 11 is 1.39. The van der Waals surface area contributed by atoms with Gasteiger partial charge in [0.1, 0.15) is 0 Å². The molecular weight excluding hydrogens is 356 g/mol. The molecule has 1 aliphatic heterocycles. The molecule has 2 aromatic rings. The topological polar surface area (TPSA) is 58.2 Å². The number of carbonyl (C=O) groups is 2. The fourth-order valence-corrected chi connectivity index (χ4v) is 3.69. The molecule has 4 nitrogen and oxygen atoms in total. The minimum atomic E-state index is -0.171. The van der Waals surface area contributed by atoms with E-state index in [0.29, 0.717) is 22.5 Å². The van der Waals surface area contributed by atoms with Crippen molar-refractivity contribution >= 4 is 35.4 Å². The fourth-order valence-electron chi connectivity index (χ4n) is 3.02. The van der Waals surface area contributed by atoms with E-state index in [1.165, 1.54) is 11.3 Å². The Labute approximate surface area is 158 Å². The molecule has 0 aliphatic carbocycles. The van der Waals surface area contributed by atoms with Gasteiger partial charge in [0.25, 0.3) is 5.91 Å². The average molecular weight is 379 g/mol. The van der Waals surface area contributed by atoms with E-state index in [4.69, 9.17) is 0 Å². The van der Waals surface area contributed by atoms with E-state index in [0.717, 1.165) is 25.9 Å². The van der Waals surface area contributed by atoms with Crippen molar-refractivity contribution in [2.45, 2.75) is 19.8 Å². The number of hydrogen-bond donors (Lipinski definition) is 2. The molecule has 6 heteroatoms. The highest BCUT2D eigenvalue weighted by Gasteiger charge is 2.28. The zero-order valence-corrected chi connectivity index (χ0v) is 15.8. The van der Waals surface area contributed by atoms with Gasteiger partial charge in [0.15, 0.2) is 0 Å². The number of carbonyl (C=O) groups excluding carboxylic acids is 2. The highest BCUT2D eigenvalue weighted by molar-refractivity contribution is 7.12. The Bertz CT molecular complexity index is 725. The number of thiophene rings is 1. The summed E-state index contributed by atoms with van der Waals surface area (Å²) in [6, 6.07) is 10.7. The summed E-state index contributed by atoms with van der Waals surface area (Å²) in [4.78, 5) is 25.9. The maximum absolute atomic E-state index is 12.6. The maximum Gasteiger partial charge on any atom is 0.252 e. The SMILES string of the molecule is CC1(CNC(=O)c2ccccc2C(=O)c2cccs2)CCNCC1.Cl. The molecular formula is C19H23ClN2O2S. The summed E-state index contributed by atoms with van der Waals surface area (Å²) in [5, 5.41) is 8.25. The second-order valence-electron chi connectivity index (χ2n) is 6.60. The number of halogens is 1. The van der Waals surface area contributed by atoms with Gasteiger partial charge in [-0.15, -0.1) is 23.7 Å². The molecule has 2 heterocycles. The summed E-state index contributed by atoms with van der Waals surface area (Å²) in [6.07, 6.45) is 2.09. The van der Waals surface area contributed by atoms with E-state index in [1.54, 1.807) is 30.3 Å². The van der Waals surface area contributed by atoms with Crippen LogP contribution in [0.15, 0.2) is 41.8 Å². The molecule has 1 aromatic carbocycles. The second kappa shape index (κ2) is 8.61. The molecule has 1 fully saturated rings. The number of piperidine rings is 1. The van der Waals surface area contributed by atoms with Crippen LogP contribution in [0.25, 0.3) is 0 Å². The van der Waals surface area contributed by atoms with Gasteiger partial charge in [-0.25, -0.2) is 0 Å². The van der Waals surface area contributed by atoms with Crippen molar-refractivity contribution < 1.29 is 9.59 Å². The van der Waals surface area contributed by atoms with E-state index in [1.807, 2.05) is 11.4 Å². The number of hydrogen-bond acceptors (Lipinski definition) is 4. The first kappa shape index (κ1) is 19.6. The third-order valence-corrected chi connectivity index (χ3v) is 5.52. The third kappa shape index (κ3) is 4.69. The first-order valence-corrected chi connectivity index (χ1v) is 9.13. The molecule has 0 unspecified atom stereocenters. The maximum atomic E-state index is 12.6. The summed E-state index contributed by atoms with van der Waals surface area (Å²) in [5.74, 6) is -0.265. The van der Waals surface area contributed by atoms with Crippen LogP contribution in [0.5, 0.6) is 0 Å². The lowest BCUT2D eigenvalue weighted by molar-refractivity contribution is 0.0914. The van der Waals surface area contributed by atoms with Gasteiger partial charge in [-0.2, -0.15) is 0 Å². The van der Waals surface area contributed by atoms with E-state index in [-0.39, 0.29) is 29.5 Å². The quantitative estimate of drug-likeness (QED) is 0.782. The molecule has 1 aromatic heterocycles. The largest absolute Gasteiger partial charge is 0.351 e. The predicted molar refractivity (Wildman–Crippen MR) is 104 cm³/mol.